The van der Waals surface area contributed by atoms with E-state index in [1.54, 1.807) is 18.2 Å². The molecule has 1 aromatic rings. The van der Waals surface area contributed by atoms with E-state index in [2.05, 4.69) is 5.32 Å². The van der Waals surface area contributed by atoms with E-state index in [9.17, 15) is 8.78 Å². The van der Waals surface area contributed by atoms with Gasteiger partial charge in [-0.1, -0.05) is 51.1 Å². The summed E-state index contributed by atoms with van der Waals surface area (Å²) in [6, 6.07) is 7.92. The van der Waals surface area contributed by atoms with Crippen LogP contribution in [0, 0.1) is 5.41 Å². The topological polar surface area (TPSA) is 12.0 Å². The summed E-state index contributed by atoms with van der Waals surface area (Å²) >= 11 is 0. The first-order chi connectivity index (χ1) is 7.31. The van der Waals surface area contributed by atoms with Crippen LogP contribution in [0.3, 0.4) is 0 Å². The molecule has 0 aliphatic carbocycles. The van der Waals surface area contributed by atoms with Crippen molar-refractivity contribution in [2.45, 2.75) is 26.7 Å². The highest BCUT2D eigenvalue weighted by Gasteiger charge is 2.30. The molecule has 0 aliphatic rings. The second-order valence-electron chi connectivity index (χ2n) is 5.23. The number of halogens is 2. The predicted molar refractivity (Wildman–Crippen MR) is 62.7 cm³/mol. The van der Waals surface area contributed by atoms with E-state index < -0.39 is 5.92 Å². The van der Waals surface area contributed by atoms with Crippen molar-refractivity contribution in [1.29, 1.82) is 0 Å². The largest absolute Gasteiger partial charge is 0.310 e. The first-order valence-electron chi connectivity index (χ1n) is 5.45. The summed E-state index contributed by atoms with van der Waals surface area (Å²) in [6.07, 6.45) is 0. The van der Waals surface area contributed by atoms with Crippen molar-refractivity contribution in [2.24, 2.45) is 5.41 Å². The smallest absolute Gasteiger partial charge is 0.285 e. The highest BCUT2D eigenvalue weighted by Crippen LogP contribution is 2.26. The number of hydrogen-bond donors (Lipinski definition) is 1. The predicted octanol–water partition coefficient (Wildman–Crippen LogP) is 3.41. The van der Waals surface area contributed by atoms with Gasteiger partial charge in [-0.25, -0.2) is 0 Å². The van der Waals surface area contributed by atoms with E-state index in [1.807, 2.05) is 20.8 Å². The number of hydrogen-bond acceptors (Lipinski definition) is 1. The molecule has 0 saturated carbocycles. The van der Waals surface area contributed by atoms with Gasteiger partial charge in [-0.2, -0.15) is 8.78 Å². The molecule has 0 fully saturated rings. The lowest BCUT2D eigenvalue weighted by Crippen LogP contribution is -2.35. The second kappa shape index (κ2) is 4.91. The Morgan fingerprint density at radius 2 is 1.56 bits per heavy atom. The average Bonchev–Trinajstić information content (AvgIpc) is 2.17. The Morgan fingerprint density at radius 1 is 1.00 bits per heavy atom. The van der Waals surface area contributed by atoms with Crippen LogP contribution in [-0.4, -0.2) is 13.1 Å². The third kappa shape index (κ3) is 4.27. The Hall–Kier alpha value is -0.960. The van der Waals surface area contributed by atoms with Crippen molar-refractivity contribution >= 4 is 0 Å². The number of benzene rings is 1. The van der Waals surface area contributed by atoms with Crippen LogP contribution in [-0.2, 0) is 5.92 Å². The van der Waals surface area contributed by atoms with Crippen LogP contribution < -0.4 is 5.32 Å². The SMILES string of the molecule is CC(C)(C)CNCC(F)(F)c1ccccc1. The maximum atomic E-state index is 13.7. The molecule has 0 heterocycles. The minimum atomic E-state index is -2.80. The molecule has 3 heteroatoms. The highest BCUT2D eigenvalue weighted by atomic mass is 19.3. The fraction of sp³-hybridized carbons (Fsp3) is 0.538. The van der Waals surface area contributed by atoms with E-state index in [0.29, 0.717) is 6.54 Å². The minimum absolute atomic E-state index is 0.0206. The summed E-state index contributed by atoms with van der Waals surface area (Å²) in [5.41, 5.74) is 0.0867. The van der Waals surface area contributed by atoms with Gasteiger partial charge in [-0.3, -0.25) is 0 Å². The van der Waals surface area contributed by atoms with Crippen molar-refractivity contribution in [3.05, 3.63) is 35.9 Å². The van der Waals surface area contributed by atoms with E-state index >= 15 is 0 Å². The van der Waals surface area contributed by atoms with Crippen molar-refractivity contribution < 1.29 is 8.78 Å². The van der Waals surface area contributed by atoms with Crippen LogP contribution >= 0.6 is 0 Å². The quantitative estimate of drug-likeness (QED) is 0.831. The first kappa shape index (κ1) is 13.1. The Balaban J connectivity index is 2.53. The van der Waals surface area contributed by atoms with Crippen molar-refractivity contribution in [3.8, 4) is 0 Å². The zero-order valence-corrected chi connectivity index (χ0v) is 10.1. The highest BCUT2D eigenvalue weighted by molar-refractivity contribution is 5.20. The molecule has 0 atom stereocenters. The van der Waals surface area contributed by atoms with Gasteiger partial charge in [0.15, 0.2) is 0 Å². The van der Waals surface area contributed by atoms with Gasteiger partial charge in [0.05, 0.1) is 6.54 Å². The molecule has 1 aromatic carbocycles. The molecule has 0 aromatic heterocycles. The van der Waals surface area contributed by atoms with Crippen molar-refractivity contribution in [1.82, 2.24) is 5.32 Å². The van der Waals surface area contributed by atoms with Gasteiger partial charge in [-0.05, 0) is 5.41 Å². The molecular formula is C13H19F2N. The molecule has 0 bridgehead atoms. The molecule has 0 spiro atoms. The standard InChI is InChI=1S/C13H19F2N/c1-12(2,3)9-16-10-13(14,15)11-7-5-4-6-8-11/h4-8,16H,9-10H2,1-3H3. The summed E-state index contributed by atoms with van der Waals surface area (Å²) in [5, 5.41) is 2.81. The zero-order valence-electron chi connectivity index (χ0n) is 10.1. The molecule has 0 radical (unpaired) electrons. The third-order valence-electron chi connectivity index (χ3n) is 2.20. The molecule has 0 amide bonds. The lowest BCUT2D eigenvalue weighted by Gasteiger charge is -2.22. The maximum Gasteiger partial charge on any atom is 0.285 e. The van der Waals surface area contributed by atoms with Gasteiger partial charge in [0, 0.05) is 12.1 Å². The number of rotatable bonds is 4. The summed E-state index contributed by atoms with van der Waals surface area (Å²) in [7, 11) is 0. The Labute approximate surface area is 95.9 Å². The van der Waals surface area contributed by atoms with Gasteiger partial charge >= 0.3 is 0 Å². The van der Waals surface area contributed by atoms with Crippen LogP contribution in [0.4, 0.5) is 8.78 Å². The fourth-order valence-electron chi connectivity index (χ4n) is 1.38. The molecule has 1 rings (SSSR count). The first-order valence-corrected chi connectivity index (χ1v) is 5.45. The average molecular weight is 227 g/mol. The van der Waals surface area contributed by atoms with Crippen LogP contribution in [0.25, 0.3) is 0 Å². The molecular weight excluding hydrogens is 208 g/mol. The van der Waals surface area contributed by atoms with Crippen LogP contribution in [0.5, 0.6) is 0 Å². The Morgan fingerprint density at radius 3 is 2.06 bits per heavy atom. The Kier molecular flexibility index (Phi) is 4.03. The van der Waals surface area contributed by atoms with Gasteiger partial charge in [0.2, 0.25) is 0 Å². The maximum absolute atomic E-state index is 13.7. The monoisotopic (exact) mass is 227 g/mol. The molecule has 1 N–H and O–H groups in total. The van der Waals surface area contributed by atoms with Crippen molar-refractivity contribution in [3.63, 3.8) is 0 Å². The van der Waals surface area contributed by atoms with E-state index in [4.69, 9.17) is 0 Å². The summed E-state index contributed by atoms with van der Waals surface area (Å²) in [5.74, 6) is -2.80. The van der Waals surface area contributed by atoms with Gasteiger partial charge in [0.1, 0.15) is 0 Å². The van der Waals surface area contributed by atoms with E-state index in [0.717, 1.165) is 0 Å². The normalized spacial score (nSPS) is 12.8. The van der Waals surface area contributed by atoms with Crippen LogP contribution in [0.15, 0.2) is 30.3 Å². The Bertz CT molecular complexity index is 314. The molecule has 0 aliphatic heterocycles. The van der Waals surface area contributed by atoms with Crippen LogP contribution in [0.2, 0.25) is 0 Å². The fourth-order valence-corrected chi connectivity index (χ4v) is 1.38. The van der Waals surface area contributed by atoms with E-state index in [-0.39, 0.29) is 17.5 Å². The number of alkyl halides is 2. The zero-order chi connectivity index (χ0) is 12.2. The van der Waals surface area contributed by atoms with E-state index in [1.165, 1.54) is 12.1 Å². The molecule has 0 unspecified atom stereocenters. The van der Waals surface area contributed by atoms with Gasteiger partial charge < -0.3 is 5.32 Å². The number of nitrogens with one attached hydrogen (secondary N) is 1. The molecule has 1 nitrogen and oxygen atoms in total. The lowest BCUT2D eigenvalue weighted by atomic mass is 9.97. The molecule has 0 saturated heterocycles. The summed E-state index contributed by atoms with van der Waals surface area (Å²) in [4.78, 5) is 0. The second-order valence-corrected chi connectivity index (χ2v) is 5.23. The summed E-state index contributed by atoms with van der Waals surface area (Å²) in [6.45, 7) is 6.31. The van der Waals surface area contributed by atoms with Crippen LogP contribution in [0.1, 0.15) is 26.3 Å². The van der Waals surface area contributed by atoms with Gasteiger partial charge in [-0.15, -0.1) is 0 Å². The van der Waals surface area contributed by atoms with Gasteiger partial charge in [0.25, 0.3) is 5.92 Å². The minimum Gasteiger partial charge on any atom is -0.310 e. The lowest BCUT2D eigenvalue weighted by molar-refractivity contribution is -0.00462. The third-order valence-corrected chi connectivity index (χ3v) is 2.20. The molecule has 90 valence electrons. The van der Waals surface area contributed by atoms with Crippen molar-refractivity contribution in [2.75, 3.05) is 13.1 Å². The summed E-state index contributed by atoms with van der Waals surface area (Å²) < 4.78 is 27.3. The molecule has 16 heavy (non-hydrogen) atoms.